The number of hydrogen-bond donors (Lipinski definition) is 7. The molecule has 0 aliphatic rings. The Bertz CT molecular complexity index is 1130. The first-order chi connectivity index (χ1) is 21.1. The third kappa shape index (κ3) is 15.8. The number of rotatable bonds is 21. The molecule has 0 saturated heterocycles. The number of benzene rings is 1. The van der Waals surface area contributed by atoms with Crippen LogP contribution in [0.15, 0.2) is 30.3 Å². The van der Waals surface area contributed by atoms with E-state index in [9.17, 15) is 33.9 Å². The van der Waals surface area contributed by atoms with Crippen molar-refractivity contribution in [2.45, 2.75) is 96.4 Å². The van der Waals surface area contributed by atoms with Gasteiger partial charge in [-0.25, -0.2) is 4.79 Å². The van der Waals surface area contributed by atoms with Crippen LogP contribution in [0.2, 0.25) is 0 Å². The van der Waals surface area contributed by atoms with Crippen molar-refractivity contribution in [3.63, 3.8) is 0 Å². The van der Waals surface area contributed by atoms with Gasteiger partial charge in [-0.1, -0.05) is 58.0 Å². The lowest BCUT2D eigenvalue weighted by atomic mass is 10.0. The van der Waals surface area contributed by atoms with Crippen molar-refractivity contribution in [2.75, 3.05) is 12.0 Å². The standard InChI is InChI=1S/C31H50N6O7S/c1-18(2)15-24(30(42)35-23(13-14-45-5)29(41)37-25(31(43)44)16-19(3)4)36-28(40)22(11-12-26(33)38)34-27(39)21(32)17-20-9-7-6-8-10-20/h6-10,18-19,21-25H,11-17,32H2,1-5H3,(H2,33,38)(H,34,39)(H,35,42)(H,36,40)(H,37,41)(H,43,44)/t21-,22-,23-,24-,25-/m0/s1. The van der Waals surface area contributed by atoms with Crippen molar-refractivity contribution in [3.8, 4) is 0 Å². The maximum Gasteiger partial charge on any atom is 0.326 e. The molecule has 0 saturated carbocycles. The predicted molar refractivity (Wildman–Crippen MR) is 174 cm³/mol. The summed E-state index contributed by atoms with van der Waals surface area (Å²) in [6.45, 7) is 7.38. The zero-order valence-corrected chi connectivity index (χ0v) is 27.7. The molecule has 0 radical (unpaired) electrons. The van der Waals surface area contributed by atoms with Gasteiger partial charge in [0, 0.05) is 6.42 Å². The molecule has 0 fully saturated rings. The van der Waals surface area contributed by atoms with Crippen molar-refractivity contribution in [2.24, 2.45) is 23.3 Å². The van der Waals surface area contributed by atoms with E-state index in [1.807, 2.05) is 64.3 Å². The van der Waals surface area contributed by atoms with E-state index < -0.39 is 65.7 Å². The molecule has 0 bridgehead atoms. The van der Waals surface area contributed by atoms with Gasteiger partial charge in [0.05, 0.1) is 6.04 Å². The van der Waals surface area contributed by atoms with E-state index in [0.29, 0.717) is 5.75 Å². The largest absolute Gasteiger partial charge is 0.480 e. The fourth-order valence-electron chi connectivity index (χ4n) is 4.51. The summed E-state index contributed by atoms with van der Waals surface area (Å²) in [7, 11) is 0. The number of amides is 5. The van der Waals surface area contributed by atoms with Crippen LogP contribution >= 0.6 is 11.8 Å². The lowest BCUT2D eigenvalue weighted by Crippen LogP contribution is -2.59. The fraction of sp³-hybridized carbons (Fsp3) is 0.613. The van der Waals surface area contributed by atoms with Gasteiger partial charge >= 0.3 is 5.97 Å². The summed E-state index contributed by atoms with van der Waals surface area (Å²) in [5.41, 5.74) is 12.2. The van der Waals surface area contributed by atoms with Crippen LogP contribution in [0.25, 0.3) is 0 Å². The van der Waals surface area contributed by atoms with Crippen molar-refractivity contribution in [3.05, 3.63) is 35.9 Å². The Balaban J connectivity index is 3.11. The Morgan fingerprint density at radius 3 is 1.71 bits per heavy atom. The van der Waals surface area contributed by atoms with Crippen LogP contribution in [-0.2, 0) is 35.2 Å². The van der Waals surface area contributed by atoms with Gasteiger partial charge in [-0.3, -0.25) is 24.0 Å². The minimum absolute atomic E-state index is 0.00663. The number of carboxylic acid groups (broad SMARTS) is 1. The minimum Gasteiger partial charge on any atom is -0.480 e. The lowest BCUT2D eigenvalue weighted by molar-refractivity contribution is -0.142. The van der Waals surface area contributed by atoms with Crippen LogP contribution in [0, 0.1) is 11.8 Å². The Labute approximate surface area is 269 Å². The summed E-state index contributed by atoms with van der Waals surface area (Å²) in [5, 5.41) is 20.0. The molecule has 1 aromatic rings. The summed E-state index contributed by atoms with van der Waals surface area (Å²) in [4.78, 5) is 76.3. The third-order valence-corrected chi connectivity index (χ3v) is 7.50. The average molecular weight is 651 g/mol. The van der Waals surface area contributed by atoms with Crippen LogP contribution in [-0.4, -0.2) is 82.8 Å². The van der Waals surface area contributed by atoms with Crippen LogP contribution in [0.4, 0.5) is 0 Å². The Kier molecular flexibility index (Phi) is 17.8. The number of hydrogen-bond acceptors (Lipinski definition) is 8. The van der Waals surface area contributed by atoms with E-state index in [4.69, 9.17) is 11.5 Å². The highest BCUT2D eigenvalue weighted by molar-refractivity contribution is 7.98. The zero-order valence-electron chi connectivity index (χ0n) is 26.8. The Morgan fingerprint density at radius 2 is 1.20 bits per heavy atom. The topological polar surface area (TPSA) is 223 Å². The van der Waals surface area contributed by atoms with Crippen LogP contribution in [0.3, 0.4) is 0 Å². The van der Waals surface area contributed by atoms with Gasteiger partial charge in [0.15, 0.2) is 0 Å². The predicted octanol–water partition coefficient (Wildman–Crippen LogP) is 0.691. The molecule has 45 heavy (non-hydrogen) atoms. The normalized spacial score (nSPS) is 14.5. The molecule has 0 spiro atoms. The number of aliphatic carboxylic acids is 1. The molecule has 9 N–H and O–H groups in total. The fourth-order valence-corrected chi connectivity index (χ4v) is 4.98. The second kappa shape index (κ2) is 20.4. The third-order valence-electron chi connectivity index (χ3n) is 6.85. The van der Waals surface area contributed by atoms with E-state index >= 15 is 0 Å². The molecule has 14 heteroatoms. The highest BCUT2D eigenvalue weighted by Crippen LogP contribution is 2.11. The first-order valence-corrected chi connectivity index (χ1v) is 16.5. The van der Waals surface area contributed by atoms with Crippen molar-refractivity contribution < 1.29 is 33.9 Å². The molecule has 0 aromatic heterocycles. The van der Waals surface area contributed by atoms with E-state index in [-0.39, 0.29) is 50.4 Å². The zero-order chi connectivity index (χ0) is 34.1. The molecule has 5 amide bonds. The maximum absolute atomic E-state index is 13.5. The van der Waals surface area contributed by atoms with E-state index in [2.05, 4.69) is 21.3 Å². The van der Waals surface area contributed by atoms with Gasteiger partial charge in [-0.15, -0.1) is 0 Å². The number of nitrogens with one attached hydrogen (secondary N) is 4. The summed E-state index contributed by atoms with van der Waals surface area (Å²) < 4.78 is 0. The molecule has 0 aliphatic carbocycles. The van der Waals surface area contributed by atoms with E-state index in [1.54, 1.807) is 0 Å². The molecule has 0 aliphatic heterocycles. The van der Waals surface area contributed by atoms with Gasteiger partial charge < -0.3 is 37.8 Å². The number of nitrogens with two attached hydrogens (primary N) is 2. The molecular weight excluding hydrogens is 600 g/mol. The number of primary amides is 1. The molecule has 252 valence electrons. The first-order valence-electron chi connectivity index (χ1n) is 15.2. The van der Waals surface area contributed by atoms with Gasteiger partial charge in [0.2, 0.25) is 29.5 Å². The SMILES string of the molecule is CSCC[C@H](NC(=O)[C@H](CC(C)C)NC(=O)[C@H](CCC(N)=O)NC(=O)[C@@H](N)Cc1ccccc1)C(=O)N[C@@H](CC(C)C)C(=O)O. The summed E-state index contributed by atoms with van der Waals surface area (Å²) in [6, 6.07) is 3.63. The Morgan fingerprint density at radius 1 is 0.733 bits per heavy atom. The van der Waals surface area contributed by atoms with Crippen LogP contribution in [0.1, 0.15) is 65.4 Å². The number of carbonyl (C=O) groups is 6. The summed E-state index contributed by atoms with van der Waals surface area (Å²) in [5.74, 6) is -4.01. The highest BCUT2D eigenvalue weighted by Gasteiger charge is 2.32. The Hall–Kier alpha value is -3.65. The monoisotopic (exact) mass is 650 g/mol. The molecule has 1 aromatic carbocycles. The molecule has 0 heterocycles. The van der Waals surface area contributed by atoms with Crippen LogP contribution in [0.5, 0.6) is 0 Å². The number of carbonyl (C=O) groups excluding carboxylic acids is 5. The van der Waals surface area contributed by atoms with Crippen molar-refractivity contribution in [1.29, 1.82) is 0 Å². The minimum atomic E-state index is -1.21. The molecular formula is C31H50N6O7S. The smallest absolute Gasteiger partial charge is 0.326 e. The number of carboxylic acids is 1. The van der Waals surface area contributed by atoms with Crippen molar-refractivity contribution in [1.82, 2.24) is 21.3 Å². The van der Waals surface area contributed by atoms with E-state index in [0.717, 1.165) is 5.56 Å². The molecule has 0 unspecified atom stereocenters. The summed E-state index contributed by atoms with van der Waals surface area (Å²) >= 11 is 1.45. The quantitative estimate of drug-likeness (QED) is 0.0993. The molecule has 1 rings (SSSR count). The van der Waals surface area contributed by atoms with Gasteiger partial charge in [0.1, 0.15) is 24.2 Å². The second-order valence-corrected chi connectivity index (χ2v) is 12.9. The van der Waals surface area contributed by atoms with Gasteiger partial charge in [-0.05, 0) is 61.5 Å². The highest BCUT2D eigenvalue weighted by atomic mass is 32.2. The maximum atomic E-state index is 13.5. The number of thioether (sulfide) groups is 1. The molecule has 13 nitrogen and oxygen atoms in total. The van der Waals surface area contributed by atoms with Gasteiger partial charge in [-0.2, -0.15) is 11.8 Å². The summed E-state index contributed by atoms with van der Waals surface area (Å²) in [6.07, 6.45) is 2.37. The first kappa shape index (κ1) is 39.4. The second-order valence-electron chi connectivity index (χ2n) is 11.9. The van der Waals surface area contributed by atoms with Crippen LogP contribution < -0.4 is 32.7 Å². The van der Waals surface area contributed by atoms with Gasteiger partial charge in [0.25, 0.3) is 0 Å². The molecule has 5 atom stereocenters. The average Bonchev–Trinajstić information content (AvgIpc) is 2.96. The van der Waals surface area contributed by atoms with E-state index in [1.165, 1.54) is 11.8 Å². The lowest BCUT2D eigenvalue weighted by Gasteiger charge is -2.27. The van der Waals surface area contributed by atoms with Crippen molar-refractivity contribution >= 4 is 47.3 Å².